The van der Waals surface area contributed by atoms with Crippen molar-refractivity contribution in [2.24, 2.45) is 10.4 Å². The molecule has 0 heterocycles. The van der Waals surface area contributed by atoms with E-state index in [0.29, 0.717) is 25.6 Å². The fourth-order valence-corrected chi connectivity index (χ4v) is 2.26. The summed E-state index contributed by atoms with van der Waals surface area (Å²) in [6, 6.07) is 7.75. The number of hydrogen-bond acceptors (Lipinski definition) is 3. The number of aliphatic imine (C=N–C) groups is 1. The summed E-state index contributed by atoms with van der Waals surface area (Å²) in [7, 11) is 1.71. The largest absolute Gasteiger partial charge is 0.488 e. The molecule has 0 aliphatic rings. The van der Waals surface area contributed by atoms with Gasteiger partial charge in [0, 0.05) is 25.6 Å². The highest BCUT2D eigenvalue weighted by Gasteiger charge is 2.20. The predicted octanol–water partition coefficient (Wildman–Crippen LogP) is 2.54. The molecule has 6 nitrogen and oxygen atoms in total. The highest BCUT2D eigenvalue weighted by atomic mass is 79.9. The van der Waals surface area contributed by atoms with Crippen LogP contribution in [0.2, 0.25) is 0 Å². The molecule has 1 amide bonds. The first-order valence-electron chi connectivity index (χ1n) is 8.38. The summed E-state index contributed by atoms with van der Waals surface area (Å²) >= 11 is 3.47. The Bertz CT molecular complexity index is 585. The Morgan fingerprint density at radius 2 is 1.84 bits per heavy atom. The zero-order valence-corrected chi connectivity index (χ0v) is 17.2. The minimum absolute atomic E-state index is 0.0298. The summed E-state index contributed by atoms with van der Waals surface area (Å²) in [5.74, 6) is 1.52. The molecule has 0 saturated heterocycles. The number of carbonyl (C=O) groups excluding carboxylic acids is 1. The van der Waals surface area contributed by atoms with Crippen LogP contribution in [0.1, 0.15) is 27.7 Å². The molecule has 25 heavy (non-hydrogen) atoms. The number of nitrogens with zero attached hydrogens (tertiary/aromatic N) is 1. The number of halogens is 1. The van der Waals surface area contributed by atoms with Gasteiger partial charge in [-0.05, 0) is 35.0 Å². The van der Waals surface area contributed by atoms with Crippen molar-refractivity contribution in [3.8, 4) is 5.75 Å². The van der Waals surface area contributed by atoms with Gasteiger partial charge in [0.15, 0.2) is 5.96 Å². The normalized spacial score (nSPS) is 13.1. The Balaban J connectivity index is 2.30. The monoisotopic (exact) mass is 412 g/mol. The number of guanidine groups is 1. The Morgan fingerprint density at radius 3 is 2.44 bits per heavy atom. The van der Waals surface area contributed by atoms with Crippen LogP contribution in [0.4, 0.5) is 0 Å². The second-order valence-electron chi connectivity index (χ2n) is 6.74. The van der Waals surface area contributed by atoms with Crippen molar-refractivity contribution < 1.29 is 9.53 Å². The molecule has 0 aliphatic heterocycles. The fraction of sp³-hybridized carbons (Fsp3) is 0.556. The molecule has 0 aliphatic carbocycles. The van der Waals surface area contributed by atoms with Crippen LogP contribution in [-0.4, -0.2) is 44.7 Å². The van der Waals surface area contributed by atoms with Gasteiger partial charge in [0.2, 0.25) is 5.91 Å². The van der Waals surface area contributed by atoms with Crippen LogP contribution in [0, 0.1) is 5.41 Å². The Labute approximate surface area is 158 Å². The molecule has 1 aromatic carbocycles. The number of benzene rings is 1. The lowest BCUT2D eigenvalue weighted by Crippen LogP contribution is -2.45. The van der Waals surface area contributed by atoms with E-state index in [1.54, 1.807) is 7.05 Å². The van der Waals surface area contributed by atoms with Crippen LogP contribution < -0.4 is 20.7 Å². The van der Waals surface area contributed by atoms with Gasteiger partial charge in [0.25, 0.3) is 0 Å². The van der Waals surface area contributed by atoms with Gasteiger partial charge in [-0.15, -0.1) is 0 Å². The number of rotatable bonds is 7. The summed E-state index contributed by atoms with van der Waals surface area (Å²) in [6.45, 7) is 9.41. The number of ether oxygens (including phenoxy) is 1. The summed E-state index contributed by atoms with van der Waals surface area (Å²) < 4.78 is 6.81. The van der Waals surface area contributed by atoms with Crippen LogP contribution in [-0.2, 0) is 4.79 Å². The zero-order valence-electron chi connectivity index (χ0n) is 15.6. The Kier molecular flexibility index (Phi) is 8.75. The van der Waals surface area contributed by atoms with E-state index in [4.69, 9.17) is 4.74 Å². The fourth-order valence-electron chi connectivity index (χ4n) is 1.88. The average molecular weight is 413 g/mol. The number of carbonyl (C=O) groups is 1. The van der Waals surface area contributed by atoms with Crippen molar-refractivity contribution in [2.45, 2.75) is 33.8 Å². The van der Waals surface area contributed by atoms with Crippen molar-refractivity contribution in [1.29, 1.82) is 0 Å². The molecule has 7 heteroatoms. The van der Waals surface area contributed by atoms with E-state index in [0.717, 1.165) is 10.2 Å². The van der Waals surface area contributed by atoms with Gasteiger partial charge >= 0.3 is 0 Å². The van der Waals surface area contributed by atoms with Gasteiger partial charge in [-0.2, -0.15) is 0 Å². The molecule has 0 radical (unpaired) electrons. The van der Waals surface area contributed by atoms with Crippen molar-refractivity contribution in [3.63, 3.8) is 0 Å². The van der Waals surface area contributed by atoms with Crippen LogP contribution in [0.5, 0.6) is 5.75 Å². The van der Waals surface area contributed by atoms with Crippen molar-refractivity contribution in [2.75, 3.05) is 26.7 Å². The van der Waals surface area contributed by atoms with E-state index in [9.17, 15) is 4.79 Å². The molecule has 0 bridgehead atoms. The van der Waals surface area contributed by atoms with Gasteiger partial charge in [-0.3, -0.25) is 9.79 Å². The minimum Gasteiger partial charge on any atom is -0.488 e. The molecule has 3 N–H and O–H groups in total. The van der Waals surface area contributed by atoms with Crippen molar-refractivity contribution >= 4 is 27.8 Å². The molecule has 1 aromatic rings. The lowest BCUT2D eigenvalue weighted by atomic mass is 9.96. The van der Waals surface area contributed by atoms with Crippen LogP contribution >= 0.6 is 15.9 Å². The van der Waals surface area contributed by atoms with Gasteiger partial charge in [0.05, 0.1) is 11.0 Å². The number of para-hydroxylation sites is 1. The van der Waals surface area contributed by atoms with E-state index in [-0.39, 0.29) is 17.4 Å². The van der Waals surface area contributed by atoms with E-state index in [1.807, 2.05) is 52.0 Å². The molecular formula is C18H29BrN4O2. The van der Waals surface area contributed by atoms with E-state index >= 15 is 0 Å². The summed E-state index contributed by atoms with van der Waals surface area (Å²) in [4.78, 5) is 16.0. The maximum absolute atomic E-state index is 11.8. The molecule has 0 saturated carbocycles. The molecule has 0 fully saturated rings. The quantitative estimate of drug-likeness (QED) is 0.365. The second-order valence-corrected chi connectivity index (χ2v) is 7.60. The maximum atomic E-state index is 11.8. The van der Waals surface area contributed by atoms with Gasteiger partial charge in [-0.25, -0.2) is 0 Å². The third kappa shape index (κ3) is 8.25. The highest BCUT2D eigenvalue weighted by Crippen LogP contribution is 2.24. The molecular weight excluding hydrogens is 384 g/mol. The standard InChI is InChI=1S/C18H29BrN4O2/c1-13(25-15-9-7-6-8-14(15)19)12-23-17(20-5)22-11-10-21-16(24)18(2,3)4/h6-9,13H,10-12H2,1-5H3,(H,21,24)(H2,20,22,23). The van der Waals surface area contributed by atoms with Crippen molar-refractivity contribution in [3.05, 3.63) is 28.7 Å². The van der Waals surface area contributed by atoms with Gasteiger partial charge in [-0.1, -0.05) is 32.9 Å². The third-order valence-electron chi connectivity index (χ3n) is 3.33. The summed E-state index contributed by atoms with van der Waals surface area (Å²) in [6.07, 6.45) is -0.0298. The van der Waals surface area contributed by atoms with Gasteiger partial charge in [0.1, 0.15) is 11.9 Å². The number of nitrogens with one attached hydrogen (secondary N) is 3. The van der Waals surface area contributed by atoms with Crippen LogP contribution in [0.25, 0.3) is 0 Å². The molecule has 1 rings (SSSR count). The smallest absolute Gasteiger partial charge is 0.225 e. The topological polar surface area (TPSA) is 74.8 Å². The van der Waals surface area contributed by atoms with E-state index < -0.39 is 0 Å². The van der Waals surface area contributed by atoms with Crippen LogP contribution in [0.3, 0.4) is 0 Å². The first kappa shape index (κ1) is 21.3. The minimum atomic E-state index is -0.377. The predicted molar refractivity (Wildman–Crippen MR) is 106 cm³/mol. The first-order valence-corrected chi connectivity index (χ1v) is 9.17. The lowest BCUT2D eigenvalue weighted by molar-refractivity contribution is -0.128. The molecule has 1 atom stereocenters. The van der Waals surface area contributed by atoms with Crippen LogP contribution in [0.15, 0.2) is 33.7 Å². The van der Waals surface area contributed by atoms with Crippen molar-refractivity contribution in [1.82, 2.24) is 16.0 Å². The molecule has 0 aromatic heterocycles. The third-order valence-corrected chi connectivity index (χ3v) is 3.98. The SMILES string of the molecule is CN=C(NCCNC(=O)C(C)(C)C)NCC(C)Oc1ccccc1Br. The first-order chi connectivity index (χ1) is 11.7. The molecule has 1 unspecified atom stereocenters. The number of hydrogen-bond donors (Lipinski definition) is 3. The van der Waals surface area contributed by atoms with E-state index in [2.05, 4.69) is 36.9 Å². The molecule has 140 valence electrons. The Hall–Kier alpha value is -1.76. The summed E-state index contributed by atoms with van der Waals surface area (Å²) in [5.41, 5.74) is -0.377. The zero-order chi connectivity index (χ0) is 18.9. The lowest BCUT2D eigenvalue weighted by Gasteiger charge is -2.19. The average Bonchev–Trinajstić information content (AvgIpc) is 2.55. The van der Waals surface area contributed by atoms with Gasteiger partial charge < -0.3 is 20.7 Å². The Morgan fingerprint density at radius 1 is 1.20 bits per heavy atom. The second kappa shape index (κ2) is 10.3. The highest BCUT2D eigenvalue weighted by molar-refractivity contribution is 9.10. The molecule has 0 spiro atoms. The van der Waals surface area contributed by atoms with E-state index in [1.165, 1.54) is 0 Å². The summed E-state index contributed by atoms with van der Waals surface area (Å²) in [5, 5.41) is 9.27. The maximum Gasteiger partial charge on any atom is 0.225 e. The number of amides is 1.